The van der Waals surface area contributed by atoms with E-state index >= 15 is 0 Å². The van der Waals surface area contributed by atoms with E-state index in [1.54, 1.807) is 12.1 Å². The maximum atomic E-state index is 12.7. The molecule has 1 aliphatic carbocycles. The lowest BCUT2D eigenvalue weighted by Crippen LogP contribution is -3.19. The fraction of sp³-hybridized carbons (Fsp3) is 0.650. The SMILES string of the molecule is C[C@H](C(=O)N[C@@H]1CCCC[C@@H]1C)[NH+]1CCN(c2ccc(O)cc2)CC1. The quantitative estimate of drug-likeness (QED) is 0.767. The number of amides is 1. The molecule has 138 valence electrons. The minimum atomic E-state index is 0.0103. The van der Waals surface area contributed by atoms with Crippen molar-refractivity contribution >= 4 is 11.6 Å². The third-order valence-corrected chi connectivity index (χ3v) is 6.07. The number of carbonyl (C=O) groups excluding carboxylic acids is 1. The highest BCUT2D eigenvalue weighted by molar-refractivity contribution is 5.80. The van der Waals surface area contributed by atoms with Crippen LogP contribution in [0.15, 0.2) is 24.3 Å². The number of piperazine rings is 1. The number of nitrogens with zero attached hydrogens (tertiary/aromatic N) is 1. The molecule has 1 aromatic rings. The summed E-state index contributed by atoms with van der Waals surface area (Å²) in [7, 11) is 0. The summed E-state index contributed by atoms with van der Waals surface area (Å²) in [6, 6.07) is 7.76. The van der Waals surface area contributed by atoms with Gasteiger partial charge in [0.2, 0.25) is 0 Å². The standard InChI is InChI=1S/C20H31N3O2/c1-15-5-3-4-6-19(15)21-20(25)16(2)22-11-13-23(14-12-22)17-7-9-18(24)10-8-17/h7-10,15-16,19,24H,3-6,11-14H2,1-2H3,(H,21,25)/p+1/t15-,16+,19+/m0/s1. The average molecular weight is 346 g/mol. The van der Waals surface area contributed by atoms with Crippen LogP contribution < -0.4 is 15.1 Å². The second-order valence-electron chi connectivity index (χ2n) is 7.76. The zero-order chi connectivity index (χ0) is 17.8. The molecule has 5 nitrogen and oxygen atoms in total. The average Bonchev–Trinajstić information content (AvgIpc) is 2.64. The predicted octanol–water partition coefficient (Wildman–Crippen LogP) is 1.18. The molecular formula is C20H32N3O2+. The van der Waals surface area contributed by atoms with Crippen LogP contribution in [0, 0.1) is 5.92 Å². The number of hydrogen-bond acceptors (Lipinski definition) is 3. The maximum absolute atomic E-state index is 12.7. The van der Waals surface area contributed by atoms with E-state index < -0.39 is 0 Å². The lowest BCUT2D eigenvalue weighted by molar-refractivity contribution is -0.914. The molecular weight excluding hydrogens is 314 g/mol. The van der Waals surface area contributed by atoms with E-state index in [0.717, 1.165) is 38.3 Å². The highest BCUT2D eigenvalue weighted by atomic mass is 16.3. The third-order valence-electron chi connectivity index (χ3n) is 6.07. The highest BCUT2D eigenvalue weighted by Gasteiger charge is 2.31. The van der Waals surface area contributed by atoms with E-state index in [1.165, 1.54) is 24.2 Å². The van der Waals surface area contributed by atoms with Gasteiger partial charge in [-0.1, -0.05) is 19.8 Å². The lowest BCUT2D eigenvalue weighted by atomic mass is 9.86. The van der Waals surface area contributed by atoms with Gasteiger partial charge in [-0.3, -0.25) is 4.79 Å². The minimum absolute atomic E-state index is 0.0103. The van der Waals surface area contributed by atoms with Crippen LogP contribution in [-0.2, 0) is 4.79 Å². The van der Waals surface area contributed by atoms with E-state index in [9.17, 15) is 9.90 Å². The van der Waals surface area contributed by atoms with Gasteiger partial charge in [0.15, 0.2) is 6.04 Å². The van der Waals surface area contributed by atoms with Gasteiger partial charge in [-0.2, -0.15) is 0 Å². The number of phenolic OH excluding ortho intramolecular Hbond substituents is 1. The fourth-order valence-electron chi connectivity index (χ4n) is 4.17. The Labute approximate surface area is 151 Å². The van der Waals surface area contributed by atoms with Crippen molar-refractivity contribution in [3.63, 3.8) is 0 Å². The van der Waals surface area contributed by atoms with Crippen LogP contribution >= 0.6 is 0 Å². The van der Waals surface area contributed by atoms with E-state index in [0.29, 0.717) is 17.7 Å². The van der Waals surface area contributed by atoms with Crippen molar-refractivity contribution < 1.29 is 14.8 Å². The van der Waals surface area contributed by atoms with E-state index in [2.05, 4.69) is 24.1 Å². The van der Waals surface area contributed by atoms with Crippen molar-refractivity contribution in [3.05, 3.63) is 24.3 Å². The second-order valence-corrected chi connectivity index (χ2v) is 7.76. The topological polar surface area (TPSA) is 57.0 Å². The molecule has 1 heterocycles. The normalized spacial score (nSPS) is 26.2. The van der Waals surface area contributed by atoms with Gasteiger partial charge in [0, 0.05) is 11.7 Å². The Hall–Kier alpha value is -1.75. The van der Waals surface area contributed by atoms with Crippen molar-refractivity contribution in [2.24, 2.45) is 5.92 Å². The molecule has 2 aliphatic rings. The predicted molar refractivity (Wildman–Crippen MR) is 100 cm³/mol. The summed E-state index contributed by atoms with van der Waals surface area (Å²) in [5.41, 5.74) is 1.14. The van der Waals surface area contributed by atoms with Crippen LogP contribution in [0.2, 0.25) is 0 Å². The first-order valence-corrected chi connectivity index (χ1v) is 9.73. The Kier molecular flexibility index (Phi) is 5.84. The summed E-state index contributed by atoms with van der Waals surface area (Å²) < 4.78 is 0. The molecule has 1 amide bonds. The number of anilines is 1. The molecule has 3 N–H and O–H groups in total. The summed E-state index contributed by atoms with van der Waals surface area (Å²) in [4.78, 5) is 16.4. The summed E-state index contributed by atoms with van der Waals surface area (Å²) in [6.45, 7) is 8.15. The zero-order valence-corrected chi connectivity index (χ0v) is 15.5. The van der Waals surface area contributed by atoms with E-state index in [4.69, 9.17) is 0 Å². The fourth-order valence-corrected chi connectivity index (χ4v) is 4.17. The molecule has 5 heteroatoms. The van der Waals surface area contributed by atoms with Crippen molar-refractivity contribution in [2.75, 3.05) is 31.1 Å². The molecule has 1 saturated heterocycles. The number of phenols is 1. The molecule has 3 rings (SSSR count). The second kappa shape index (κ2) is 8.09. The van der Waals surface area contributed by atoms with Crippen LogP contribution in [0.5, 0.6) is 5.75 Å². The van der Waals surface area contributed by atoms with Gasteiger partial charge in [-0.25, -0.2) is 0 Å². The summed E-state index contributed by atoms with van der Waals surface area (Å²) in [5, 5.41) is 12.7. The van der Waals surface area contributed by atoms with Crippen LogP contribution in [0.1, 0.15) is 39.5 Å². The Morgan fingerprint density at radius 3 is 2.48 bits per heavy atom. The van der Waals surface area contributed by atoms with Crippen LogP contribution in [0.3, 0.4) is 0 Å². The largest absolute Gasteiger partial charge is 0.508 e. The summed E-state index contributed by atoms with van der Waals surface area (Å²) in [6.07, 6.45) is 4.90. The molecule has 1 aliphatic heterocycles. The highest BCUT2D eigenvalue weighted by Crippen LogP contribution is 2.23. The summed E-state index contributed by atoms with van der Waals surface area (Å²) >= 11 is 0. The number of quaternary nitrogens is 1. The first kappa shape index (κ1) is 18.1. The van der Waals surface area contributed by atoms with Crippen LogP contribution in [0.25, 0.3) is 0 Å². The van der Waals surface area contributed by atoms with Crippen LogP contribution in [-0.4, -0.2) is 49.3 Å². The molecule has 0 unspecified atom stereocenters. The van der Waals surface area contributed by atoms with E-state index in [-0.39, 0.29) is 11.9 Å². The van der Waals surface area contributed by atoms with Gasteiger partial charge in [0.25, 0.3) is 5.91 Å². The number of nitrogens with one attached hydrogen (secondary N) is 2. The van der Waals surface area contributed by atoms with Gasteiger partial charge >= 0.3 is 0 Å². The van der Waals surface area contributed by atoms with Crippen molar-refractivity contribution in [3.8, 4) is 5.75 Å². The number of rotatable bonds is 4. The van der Waals surface area contributed by atoms with Gasteiger partial charge in [-0.15, -0.1) is 0 Å². The Morgan fingerprint density at radius 2 is 1.84 bits per heavy atom. The van der Waals surface area contributed by atoms with Crippen LogP contribution in [0.4, 0.5) is 5.69 Å². The van der Waals surface area contributed by atoms with Gasteiger partial charge < -0.3 is 20.2 Å². The van der Waals surface area contributed by atoms with Gasteiger partial charge in [-0.05, 0) is 49.9 Å². The molecule has 0 bridgehead atoms. The smallest absolute Gasteiger partial charge is 0.278 e. The molecule has 0 spiro atoms. The van der Waals surface area contributed by atoms with Crippen molar-refractivity contribution in [2.45, 2.75) is 51.6 Å². The first-order valence-electron chi connectivity index (χ1n) is 9.73. The van der Waals surface area contributed by atoms with Crippen molar-refractivity contribution in [1.82, 2.24) is 5.32 Å². The third kappa shape index (κ3) is 4.46. The molecule has 25 heavy (non-hydrogen) atoms. The monoisotopic (exact) mass is 346 g/mol. The minimum Gasteiger partial charge on any atom is -0.508 e. The summed E-state index contributed by atoms with van der Waals surface area (Å²) in [5.74, 6) is 1.12. The van der Waals surface area contributed by atoms with Crippen molar-refractivity contribution in [1.29, 1.82) is 0 Å². The molecule has 0 aromatic heterocycles. The van der Waals surface area contributed by atoms with Gasteiger partial charge in [0.05, 0.1) is 26.2 Å². The number of carbonyl (C=O) groups is 1. The number of hydrogen-bond donors (Lipinski definition) is 3. The number of benzene rings is 1. The van der Waals surface area contributed by atoms with E-state index in [1.807, 2.05) is 12.1 Å². The molecule has 1 saturated carbocycles. The molecule has 3 atom stereocenters. The molecule has 1 aromatic carbocycles. The lowest BCUT2D eigenvalue weighted by Gasteiger charge is -2.37. The molecule has 0 radical (unpaired) electrons. The zero-order valence-electron chi connectivity index (χ0n) is 15.5. The Bertz CT molecular complexity index is 567. The Balaban J connectivity index is 1.49. The first-order chi connectivity index (χ1) is 12.0. The maximum Gasteiger partial charge on any atom is 0.278 e. The number of aromatic hydroxyl groups is 1. The molecule has 2 fully saturated rings. The van der Waals surface area contributed by atoms with Gasteiger partial charge in [0.1, 0.15) is 5.75 Å². The Morgan fingerprint density at radius 1 is 1.20 bits per heavy atom.